The second kappa shape index (κ2) is 5.44. The standard InChI is InChI=1S/C15H13N5O2S/c1-8-6-19-13(21)4-11(17-15(19)23-8)7-20-14(22)12(5-16)9(2)10(3)18-20/h4,6H,7H2,1-3H3. The number of aryl methyl sites for hydroxylation is 2. The molecule has 0 aromatic carbocycles. The molecule has 3 aromatic rings. The number of rotatable bonds is 2. The Kier molecular flexibility index (Phi) is 3.58. The molecule has 8 heteroatoms. The van der Waals surface area contributed by atoms with Crippen LogP contribution >= 0.6 is 11.3 Å². The van der Waals surface area contributed by atoms with Crippen LogP contribution in [-0.2, 0) is 6.54 Å². The largest absolute Gasteiger partial charge is 0.285 e. The molecule has 0 atom stereocenters. The lowest BCUT2D eigenvalue weighted by Crippen LogP contribution is -2.29. The predicted molar refractivity (Wildman–Crippen MR) is 85.9 cm³/mol. The maximum atomic E-state index is 12.3. The van der Waals surface area contributed by atoms with E-state index in [1.807, 2.05) is 13.0 Å². The molecule has 3 heterocycles. The molecule has 0 amide bonds. The van der Waals surface area contributed by atoms with Crippen LogP contribution in [0.25, 0.3) is 4.96 Å². The normalized spacial score (nSPS) is 10.9. The predicted octanol–water partition coefficient (Wildman–Crippen LogP) is 1.16. The Bertz CT molecular complexity index is 1080. The van der Waals surface area contributed by atoms with Gasteiger partial charge in [-0.05, 0) is 26.3 Å². The van der Waals surface area contributed by atoms with Crippen LogP contribution in [0.4, 0.5) is 0 Å². The molecule has 7 nitrogen and oxygen atoms in total. The highest BCUT2D eigenvalue weighted by molar-refractivity contribution is 7.16. The van der Waals surface area contributed by atoms with Crippen molar-refractivity contribution in [2.24, 2.45) is 0 Å². The summed E-state index contributed by atoms with van der Waals surface area (Å²) in [6.45, 7) is 5.38. The van der Waals surface area contributed by atoms with E-state index >= 15 is 0 Å². The van der Waals surface area contributed by atoms with Gasteiger partial charge in [-0.25, -0.2) is 9.67 Å². The highest BCUT2D eigenvalue weighted by Crippen LogP contribution is 2.13. The lowest BCUT2D eigenvalue weighted by Gasteiger charge is -2.08. The summed E-state index contributed by atoms with van der Waals surface area (Å²) in [5.74, 6) is 0. The molecule has 0 N–H and O–H groups in total. The van der Waals surface area contributed by atoms with E-state index in [9.17, 15) is 9.59 Å². The Morgan fingerprint density at radius 1 is 1.30 bits per heavy atom. The number of nitrogens with zero attached hydrogens (tertiary/aromatic N) is 5. The summed E-state index contributed by atoms with van der Waals surface area (Å²) in [7, 11) is 0. The minimum atomic E-state index is -0.472. The highest BCUT2D eigenvalue weighted by Gasteiger charge is 2.13. The van der Waals surface area contributed by atoms with Crippen molar-refractivity contribution < 1.29 is 0 Å². The van der Waals surface area contributed by atoms with E-state index in [4.69, 9.17) is 5.26 Å². The van der Waals surface area contributed by atoms with Gasteiger partial charge in [0.05, 0.1) is 17.9 Å². The SMILES string of the molecule is Cc1cn2c(=O)cc(Cn3nc(C)c(C)c(C#N)c3=O)nc2s1. The van der Waals surface area contributed by atoms with Crippen molar-refractivity contribution in [1.82, 2.24) is 19.2 Å². The number of thiazole rings is 1. The van der Waals surface area contributed by atoms with Crippen molar-refractivity contribution in [1.29, 1.82) is 5.26 Å². The van der Waals surface area contributed by atoms with Gasteiger partial charge in [-0.15, -0.1) is 11.3 Å². The van der Waals surface area contributed by atoms with E-state index in [-0.39, 0.29) is 17.7 Å². The van der Waals surface area contributed by atoms with Crippen LogP contribution in [0.3, 0.4) is 0 Å². The first-order valence-corrected chi connectivity index (χ1v) is 7.69. The first-order valence-electron chi connectivity index (χ1n) is 6.88. The van der Waals surface area contributed by atoms with E-state index in [1.54, 1.807) is 20.0 Å². The van der Waals surface area contributed by atoms with Gasteiger partial charge < -0.3 is 0 Å². The molecule has 23 heavy (non-hydrogen) atoms. The Balaban J connectivity index is 2.13. The molecule has 0 saturated carbocycles. The summed E-state index contributed by atoms with van der Waals surface area (Å²) in [6.07, 6.45) is 1.73. The molecule has 0 aliphatic rings. The summed E-state index contributed by atoms with van der Waals surface area (Å²) in [5, 5.41) is 13.3. The number of fused-ring (bicyclic) bond motifs is 1. The van der Waals surface area contributed by atoms with Gasteiger partial charge in [-0.3, -0.25) is 14.0 Å². The van der Waals surface area contributed by atoms with Crippen LogP contribution in [0.15, 0.2) is 21.9 Å². The quantitative estimate of drug-likeness (QED) is 0.704. The Morgan fingerprint density at radius 3 is 2.74 bits per heavy atom. The van der Waals surface area contributed by atoms with Gasteiger partial charge >= 0.3 is 0 Å². The minimum absolute atomic E-state index is 0.0529. The zero-order chi connectivity index (χ0) is 16.7. The topological polar surface area (TPSA) is 93.0 Å². The molecule has 0 fully saturated rings. The van der Waals surface area contributed by atoms with Crippen molar-refractivity contribution in [2.75, 3.05) is 0 Å². The molecule has 3 aromatic heterocycles. The van der Waals surface area contributed by atoms with Crippen molar-refractivity contribution in [3.05, 3.63) is 60.4 Å². The second-order valence-corrected chi connectivity index (χ2v) is 6.45. The minimum Gasteiger partial charge on any atom is -0.269 e. The van der Waals surface area contributed by atoms with Gasteiger partial charge in [0.1, 0.15) is 11.6 Å². The van der Waals surface area contributed by atoms with Crippen LogP contribution in [0.5, 0.6) is 0 Å². The molecule has 0 unspecified atom stereocenters. The Hall–Kier alpha value is -2.79. The van der Waals surface area contributed by atoms with Gasteiger partial charge in [-0.2, -0.15) is 10.4 Å². The van der Waals surface area contributed by atoms with E-state index in [1.165, 1.54) is 26.5 Å². The van der Waals surface area contributed by atoms with Crippen molar-refractivity contribution in [3.63, 3.8) is 0 Å². The zero-order valence-corrected chi connectivity index (χ0v) is 13.6. The third-order valence-electron chi connectivity index (χ3n) is 3.60. The number of hydrogen-bond donors (Lipinski definition) is 0. The van der Waals surface area contributed by atoms with Crippen molar-refractivity contribution >= 4 is 16.3 Å². The maximum absolute atomic E-state index is 12.3. The molecule has 0 radical (unpaired) electrons. The fourth-order valence-electron chi connectivity index (χ4n) is 2.30. The molecule has 0 spiro atoms. The van der Waals surface area contributed by atoms with Gasteiger partial charge in [-0.1, -0.05) is 0 Å². The third-order valence-corrected chi connectivity index (χ3v) is 4.49. The number of hydrogen-bond acceptors (Lipinski definition) is 6. The van der Waals surface area contributed by atoms with E-state index < -0.39 is 5.56 Å². The zero-order valence-electron chi connectivity index (χ0n) is 12.8. The van der Waals surface area contributed by atoms with Gasteiger partial charge in [0.25, 0.3) is 11.1 Å². The Morgan fingerprint density at radius 2 is 2.04 bits per heavy atom. The summed E-state index contributed by atoms with van der Waals surface area (Å²) >= 11 is 1.40. The summed E-state index contributed by atoms with van der Waals surface area (Å²) in [4.78, 5) is 30.3. The Labute approximate surface area is 135 Å². The second-order valence-electron chi connectivity index (χ2n) is 5.24. The molecule has 0 saturated heterocycles. The van der Waals surface area contributed by atoms with E-state index in [0.717, 1.165) is 4.88 Å². The fraction of sp³-hybridized carbons (Fsp3) is 0.267. The smallest absolute Gasteiger partial charge is 0.269 e. The first kappa shape index (κ1) is 15.1. The van der Waals surface area contributed by atoms with Crippen molar-refractivity contribution in [2.45, 2.75) is 27.3 Å². The molecule has 0 aliphatic carbocycles. The molecular weight excluding hydrogens is 314 g/mol. The number of aromatic nitrogens is 4. The fourth-order valence-corrected chi connectivity index (χ4v) is 3.15. The van der Waals surface area contributed by atoms with E-state index in [0.29, 0.717) is 21.9 Å². The van der Waals surface area contributed by atoms with Gasteiger partial charge in [0, 0.05) is 17.1 Å². The number of nitriles is 1. The monoisotopic (exact) mass is 327 g/mol. The first-order chi connectivity index (χ1) is 10.9. The van der Waals surface area contributed by atoms with Crippen molar-refractivity contribution in [3.8, 4) is 6.07 Å². The molecule has 3 rings (SSSR count). The van der Waals surface area contributed by atoms with Crippen LogP contribution < -0.4 is 11.1 Å². The van der Waals surface area contributed by atoms with Crippen LogP contribution in [0, 0.1) is 32.1 Å². The lowest BCUT2D eigenvalue weighted by molar-refractivity contribution is 0.612. The molecule has 0 aliphatic heterocycles. The summed E-state index contributed by atoms with van der Waals surface area (Å²) in [6, 6.07) is 3.30. The van der Waals surface area contributed by atoms with E-state index in [2.05, 4.69) is 10.1 Å². The van der Waals surface area contributed by atoms with Crippen LogP contribution in [-0.4, -0.2) is 19.2 Å². The highest BCUT2D eigenvalue weighted by atomic mass is 32.1. The summed E-state index contributed by atoms with van der Waals surface area (Å²) < 4.78 is 2.65. The molecule has 0 bridgehead atoms. The molecular formula is C15H13N5O2S. The maximum Gasteiger partial charge on any atom is 0.285 e. The average Bonchev–Trinajstić information content (AvgIpc) is 2.86. The average molecular weight is 327 g/mol. The van der Waals surface area contributed by atoms with Crippen LogP contribution in [0.2, 0.25) is 0 Å². The van der Waals surface area contributed by atoms with Gasteiger partial charge in [0.2, 0.25) is 0 Å². The van der Waals surface area contributed by atoms with Gasteiger partial charge in [0.15, 0.2) is 4.96 Å². The summed E-state index contributed by atoms with van der Waals surface area (Å²) in [5.41, 5.74) is 1.02. The van der Waals surface area contributed by atoms with Crippen LogP contribution in [0.1, 0.15) is 27.4 Å². The third kappa shape index (κ3) is 2.55. The molecule has 116 valence electrons. The lowest BCUT2D eigenvalue weighted by atomic mass is 10.1.